The summed E-state index contributed by atoms with van der Waals surface area (Å²) in [5, 5.41) is 8.59. The standard InChI is InChI=1S/C14H18N2O2S2/c1-20(17,18)14-11-19-10-9-16(14)13(7-8-15)12-5-3-2-4-6-12/h2-6,13-14H,7,9-11H2,1H3. The van der Waals surface area contributed by atoms with Crippen LogP contribution < -0.4 is 0 Å². The van der Waals surface area contributed by atoms with Gasteiger partial charge in [0.15, 0.2) is 9.84 Å². The van der Waals surface area contributed by atoms with E-state index < -0.39 is 15.2 Å². The Hall–Kier alpha value is -1.03. The van der Waals surface area contributed by atoms with Crippen molar-refractivity contribution in [3.63, 3.8) is 0 Å². The van der Waals surface area contributed by atoms with E-state index in [9.17, 15) is 8.42 Å². The molecule has 6 heteroatoms. The van der Waals surface area contributed by atoms with E-state index in [0.717, 1.165) is 11.3 Å². The highest BCUT2D eigenvalue weighted by molar-refractivity contribution is 8.00. The zero-order chi connectivity index (χ0) is 14.6. The van der Waals surface area contributed by atoms with Gasteiger partial charge in [0.25, 0.3) is 0 Å². The molecule has 108 valence electrons. The fraction of sp³-hybridized carbons (Fsp3) is 0.500. The molecule has 0 N–H and O–H groups in total. The Bertz CT molecular complexity index is 581. The Balaban J connectivity index is 2.34. The third-order valence-corrected chi connectivity index (χ3v) is 6.15. The quantitative estimate of drug-likeness (QED) is 0.852. The van der Waals surface area contributed by atoms with E-state index in [-0.39, 0.29) is 6.04 Å². The Morgan fingerprint density at radius 2 is 2.15 bits per heavy atom. The molecular weight excluding hydrogens is 292 g/mol. The molecule has 1 aromatic carbocycles. The molecule has 0 aromatic heterocycles. The highest BCUT2D eigenvalue weighted by Crippen LogP contribution is 2.32. The van der Waals surface area contributed by atoms with Crippen LogP contribution in [0.3, 0.4) is 0 Å². The average Bonchev–Trinajstić information content (AvgIpc) is 2.45. The van der Waals surface area contributed by atoms with Crippen molar-refractivity contribution in [3.05, 3.63) is 35.9 Å². The third kappa shape index (κ3) is 3.54. The average molecular weight is 310 g/mol. The summed E-state index contributed by atoms with van der Waals surface area (Å²) in [5.41, 5.74) is 1.01. The number of nitrogens with zero attached hydrogens (tertiary/aromatic N) is 2. The zero-order valence-corrected chi connectivity index (χ0v) is 13.0. The highest BCUT2D eigenvalue weighted by atomic mass is 32.2. The number of sulfone groups is 1. The molecule has 20 heavy (non-hydrogen) atoms. The fourth-order valence-corrected chi connectivity index (χ4v) is 5.43. The van der Waals surface area contributed by atoms with E-state index in [1.165, 1.54) is 6.26 Å². The molecule has 1 saturated heterocycles. The number of rotatable bonds is 4. The molecule has 1 aliphatic rings. The normalized spacial score (nSPS) is 22.1. The Morgan fingerprint density at radius 1 is 1.45 bits per heavy atom. The number of hydrogen-bond donors (Lipinski definition) is 0. The van der Waals surface area contributed by atoms with E-state index in [1.54, 1.807) is 11.8 Å². The molecule has 2 unspecified atom stereocenters. The van der Waals surface area contributed by atoms with Crippen molar-refractivity contribution >= 4 is 21.6 Å². The van der Waals surface area contributed by atoms with Gasteiger partial charge in [0, 0.05) is 30.3 Å². The monoisotopic (exact) mass is 310 g/mol. The second-order valence-electron chi connectivity index (χ2n) is 4.89. The minimum atomic E-state index is -3.15. The molecule has 1 heterocycles. The zero-order valence-electron chi connectivity index (χ0n) is 11.4. The summed E-state index contributed by atoms with van der Waals surface area (Å²) in [5.74, 6) is 1.48. The summed E-state index contributed by atoms with van der Waals surface area (Å²) >= 11 is 1.66. The molecule has 2 atom stereocenters. The van der Waals surface area contributed by atoms with Crippen molar-refractivity contribution < 1.29 is 8.42 Å². The SMILES string of the molecule is CS(=O)(=O)C1CSCCN1C(CC#N)c1ccccc1. The predicted molar refractivity (Wildman–Crippen MR) is 82.1 cm³/mol. The fourth-order valence-electron chi connectivity index (χ4n) is 2.51. The van der Waals surface area contributed by atoms with Crippen molar-refractivity contribution in [2.75, 3.05) is 24.3 Å². The smallest absolute Gasteiger partial charge is 0.164 e. The molecule has 0 aliphatic carbocycles. The number of nitriles is 1. The molecule has 1 aromatic rings. The lowest BCUT2D eigenvalue weighted by atomic mass is 10.0. The van der Waals surface area contributed by atoms with Gasteiger partial charge >= 0.3 is 0 Å². The summed E-state index contributed by atoms with van der Waals surface area (Å²) in [6.45, 7) is 0.698. The van der Waals surface area contributed by atoms with Crippen LogP contribution in [0.2, 0.25) is 0 Å². The predicted octanol–water partition coefficient (Wildman–Crippen LogP) is 2.06. The second-order valence-corrected chi connectivity index (χ2v) is 8.24. The van der Waals surface area contributed by atoms with Crippen molar-refractivity contribution in [1.82, 2.24) is 4.90 Å². The van der Waals surface area contributed by atoms with Crippen molar-refractivity contribution in [2.45, 2.75) is 17.8 Å². The van der Waals surface area contributed by atoms with E-state index in [4.69, 9.17) is 5.26 Å². The van der Waals surface area contributed by atoms with E-state index in [2.05, 4.69) is 6.07 Å². The lowest BCUT2D eigenvalue weighted by molar-refractivity contribution is 0.195. The second kappa shape index (κ2) is 6.61. The number of benzene rings is 1. The summed E-state index contributed by atoms with van der Waals surface area (Å²) < 4.78 is 24.0. The van der Waals surface area contributed by atoms with Gasteiger partial charge in [0.1, 0.15) is 5.37 Å². The van der Waals surface area contributed by atoms with Crippen molar-refractivity contribution in [1.29, 1.82) is 5.26 Å². The first-order valence-corrected chi connectivity index (χ1v) is 9.59. The molecule has 0 spiro atoms. The van der Waals surface area contributed by atoms with Gasteiger partial charge < -0.3 is 0 Å². The van der Waals surface area contributed by atoms with Crippen LogP contribution >= 0.6 is 11.8 Å². The van der Waals surface area contributed by atoms with E-state index in [1.807, 2.05) is 35.2 Å². The van der Waals surface area contributed by atoms with Gasteiger partial charge in [-0.15, -0.1) is 0 Å². The lowest BCUT2D eigenvalue weighted by Crippen LogP contribution is -2.48. The molecule has 1 fully saturated rings. The van der Waals surface area contributed by atoms with Crippen LogP contribution in [0.4, 0.5) is 0 Å². The van der Waals surface area contributed by atoms with Gasteiger partial charge in [0.2, 0.25) is 0 Å². The summed E-state index contributed by atoms with van der Waals surface area (Å²) in [7, 11) is -3.15. The molecule has 0 radical (unpaired) electrons. The van der Waals surface area contributed by atoms with Crippen LogP contribution in [-0.4, -0.2) is 43.0 Å². The first-order valence-electron chi connectivity index (χ1n) is 6.48. The van der Waals surface area contributed by atoms with E-state index >= 15 is 0 Å². The van der Waals surface area contributed by atoms with Crippen LogP contribution in [0.15, 0.2) is 30.3 Å². The topological polar surface area (TPSA) is 61.2 Å². The minimum absolute atomic E-state index is 0.151. The van der Waals surface area contributed by atoms with E-state index in [0.29, 0.717) is 18.7 Å². The molecule has 0 amide bonds. The van der Waals surface area contributed by atoms with Crippen molar-refractivity contribution in [3.8, 4) is 6.07 Å². The minimum Gasteiger partial charge on any atom is -0.278 e. The van der Waals surface area contributed by atoms with Crippen molar-refractivity contribution in [2.24, 2.45) is 0 Å². The van der Waals surface area contributed by atoms with Crippen LogP contribution in [0.1, 0.15) is 18.0 Å². The van der Waals surface area contributed by atoms with Crippen LogP contribution in [0, 0.1) is 11.3 Å². The van der Waals surface area contributed by atoms with Gasteiger partial charge in [-0.2, -0.15) is 17.0 Å². The molecule has 0 saturated carbocycles. The largest absolute Gasteiger partial charge is 0.278 e. The van der Waals surface area contributed by atoms with Gasteiger partial charge in [-0.1, -0.05) is 30.3 Å². The van der Waals surface area contributed by atoms with Gasteiger partial charge in [-0.3, -0.25) is 4.90 Å². The van der Waals surface area contributed by atoms with Gasteiger partial charge in [-0.05, 0) is 5.56 Å². The summed E-state index contributed by atoms with van der Waals surface area (Å²) in [6.07, 6.45) is 1.59. The molecule has 2 rings (SSSR count). The van der Waals surface area contributed by atoms with Crippen LogP contribution in [-0.2, 0) is 9.84 Å². The summed E-state index contributed by atoms with van der Waals surface area (Å²) in [4.78, 5) is 1.98. The highest BCUT2D eigenvalue weighted by Gasteiger charge is 2.35. The molecule has 4 nitrogen and oxygen atoms in total. The van der Waals surface area contributed by atoms with Crippen LogP contribution in [0.25, 0.3) is 0 Å². The Labute approximate surface area is 124 Å². The van der Waals surface area contributed by atoms with Crippen LogP contribution in [0.5, 0.6) is 0 Å². The third-order valence-electron chi connectivity index (χ3n) is 3.49. The molecule has 0 bridgehead atoms. The Morgan fingerprint density at radius 3 is 2.75 bits per heavy atom. The first-order chi connectivity index (χ1) is 9.54. The first kappa shape index (κ1) is 15.4. The van der Waals surface area contributed by atoms with Gasteiger partial charge in [-0.25, -0.2) is 8.42 Å². The maximum Gasteiger partial charge on any atom is 0.164 e. The number of hydrogen-bond acceptors (Lipinski definition) is 5. The lowest BCUT2D eigenvalue weighted by Gasteiger charge is -2.39. The van der Waals surface area contributed by atoms with Gasteiger partial charge in [0.05, 0.1) is 12.5 Å². The molecule has 1 aliphatic heterocycles. The maximum atomic E-state index is 12.0. The summed E-state index contributed by atoms with van der Waals surface area (Å²) in [6, 6.07) is 11.7. The maximum absolute atomic E-state index is 12.0. The Kier molecular flexibility index (Phi) is 5.08. The molecular formula is C14H18N2O2S2. The number of thioether (sulfide) groups is 1.